The Balaban J connectivity index is -0.0000000417. The number of rotatable bonds is 2. The summed E-state index contributed by atoms with van der Waals surface area (Å²) in [6.07, 6.45) is 1.22. The van der Waals surface area contributed by atoms with Crippen molar-refractivity contribution in [1.29, 1.82) is 3.76 Å². The molecule has 1 unspecified atom stereocenters. The zero-order valence-corrected chi connectivity index (χ0v) is 10.8. The van der Waals surface area contributed by atoms with Crippen molar-refractivity contribution in [2.24, 2.45) is 0 Å². The molecule has 0 bridgehead atoms. The maximum atomic E-state index is 6.99. The van der Waals surface area contributed by atoms with Crippen LogP contribution in [0.15, 0.2) is 0 Å². The van der Waals surface area contributed by atoms with Crippen molar-refractivity contribution in [3.8, 4) is 0 Å². The van der Waals surface area contributed by atoms with E-state index in [2.05, 4.69) is 13.8 Å². The smallest absolute Gasteiger partial charge is 1.00 e. The van der Waals surface area contributed by atoms with Crippen LogP contribution in [0.2, 0.25) is 4.14 Å². The summed E-state index contributed by atoms with van der Waals surface area (Å²) in [6, 6.07) is 0. The summed E-state index contributed by atoms with van der Waals surface area (Å²) in [7, 11) is 0. The molecule has 0 saturated carbocycles. The van der Waals surface area contributed by atoms with Crippen molar-refractivity contribution in [2.75, 3.05) is 0 Å². The molecule has 1 nitrogen and oxygen atoms in total. The van der Waals surface area contributed by atoms with Gasteiger partial charge in [0.1, 0.15) is 0 Å². The molecule has 0 fully saturated rings. The maximum Gasteiger partial charge on any atom is -1.00 e. The van der Waals surface area contributed by atoms with Crippen LogP contribution in [0.5, 0.6) is 0 Å². The summed E-state index contributed by atoms with van der Waals surface area (Å²) in [5.74, 6) is 0. The van der Waals surface area contributed by atoms with Crippen LogP contribution in [0.3, 0.4) is 0 Å². The van der Waals surface area contributed by atoms with Crippen molar-refractivity contribution in [3.05, 3.63) is 0 Å². The van der Waals surface area contributed by atoms with Gasteiger partial charge in [0.05, 0.1) is 0 Å². The first-order valence-electron chi connectivity index (χ1n) is 2.17. The summed E-state index contributed by atoms with van der Waals surface area (Å²) in [6.45, 7) is 4.33. The quantitative estimate of drug-likeness (QED) is 0.507. The zero-order chi connectivity index (χ0) is 4.99. The summed E-state index contributed by atoms with van der Waals surface area (Å²) in [5.41, 5.74) is 0. The molecule has 0 aliphatic carbocycles. The van der Waals surface area contributed by atoms with Crippen molar-refractivity contribution >= 4 is 0 Å². The Bertz CT molecular complexity index is 53.1. The van der Waals surface area contributed by atoms with Crippen molar-refractivity contribution in [3.63, 3.8) is 0 Å². The number of hydrogen-bond donors (Lipinski definition) is 1. The van der Waals surface area contributed by atoms with Crippen LogP contribution in [-0.4, -0.2) is 0 Å². The van der Waals surface area contributed by atoms with Crippen molar-refractivity contribution < 1.29 is 56.8 Å². The zero-order valence-electron chi connectivity index (χ0n) is 5.37. The van der Waals surface area contributed by atoms with E-state index < -0.39 is 19.6 Å². The van der Waals surface area contributed by atoms with Gasteiger partial charge in [-0.3, -0.25) is 0 Å². The predicted molar refractivity (Wildman–Crippen MR) is 22.4 cm³/mol. The minimum Gasteiger partial charge on any atom is -1.00 e. The second-order valence-corrected chi connectivity index (χ2v) is 5.48. The molecule has 0 rings (SSSR count). The van der Waals surface area contributed by atoms with Gasteiger partial charge in [-0.25, -0.2) is 0 Å². The SMILES string of the molecule is CC[CH](C)[Ta+3]=[NH].[Cl-].[Cl-].[Cl-]. The van der Waals surface area contributed by atoms with Crippen molar-refractivity contribution in [2.45, 2.75) is 24.4 Å². The van der Waals surface area contributed by atoms with Gasteiger partial charge >= 0.3 is 47.7 Å². The normalized spacial score (nSPS) is 8.67. The molecule has 0 saturated heterocycles. The van der Waals surface area contributed by atoms with Crippen molar-refractivity contribution in [1.82, 2.24) is 0 Å². The van der Waals surface area contributed by atoms with E-state index in [-0.39, 0.29) is 37.2 Å². The van der Waals surface area contributed by atoms with Gasteiger partial charge in [0.15, 0.2) is 0 Å². The van der Waals surface area contributed by atoms with Gasteiger partial charge in [-0.1, -0.05) is 0 Å². The molecule has 0 spiro atoms. The topological polar surface area (TPSA) is 23.9 Å². The first kappa shape index (κ1) is 22.4. The van der Waals surface area contributed by atoms with Crippen LogP contribution in [0.1, 0.15) is 20.3 Å². The standard InChI is InChI=1S/C4H9.3ClH.HN.Ta/c1-3-4-2;;;;;/h3H,4H2,1-2H3;4*1H;/q;;;;;+3/p-3. The number of halogens is 3. The molecular weight excluding hydrogens is 349 g/mol. The average Bonchev–Trinajstić information content (AvgIpc) is 1.65. The van der Waals surface area contributed by atoms with Gasteiger partial charge in [0, 0.05) is 0 Å². The Morgan fingerprint density at radius 3 is 1.67 bits per heavy atom. The largest absolute Gasteiger partial charge is 1.00 e. The van der Waals surface area contributed by atoms with Crippen LogP contribution in [0.4, 0.5) is 0 Å². The molecule has 0 aromatic rings. The summed E-state index contributed by atoms with van der Waals surface area (Å²) >= 11 is -0.709. The van der Waals surface area contributed by atoms with E-state index in [4.69, 9.17) is 3.76 Å². The van der Waals surface area contributed by atoms with E-state index in [1.807, 2.05) is 0 Å². The Hall–Kier alpha value is 1.41. The average molecular weight is 359 g/mol. The Labute approximate surface area is 84.6 Å². The summed E-state index contributed by atoms with van der Waals surface area (Å²) in [4.78, 5) is 0. The van der Waals surface area contributed by atoms with Gasteiger partial charge in [0.25, 0.3) is 0 Å². The fraction of sp³-hybridized carbons (Fsp3) is 1.00. The van der Waals surface area contributed by atoms with E-state index in [1.54, 1.807) is 0 Å². The van der Waals surface area contributed by atoms with Gasteiger partial charge in [-0.15, -0.1) is 0 Å². The molecule has 1 N–H and O–H groups in total. The van der Waals surface area contributed by atoms with Gasteiger partial charge in [-0.05, 0) is 0 Å². The van der Waals surface area contributed by atoms with Crippen LogP contribution < -0.4 is 37.2 Å². The molecule has 1 atom stereocenters. The molecule has 0 amide bonds. The molecule has 0 aliphatic heterocycles. The minimum atomic E-state index is -0.709. The molecule has 0 aromatic carbocycles. The third kappa shape index (κ3) is 17.7. The molecule has 0 heterocycles. The molecular formula is C4H10Cl3NTa. The molecule has 57 valence electrons. The maximum absolute atomic E-state index is 6.99. The predicted octanol–water partition coefficient (Wildman–Crippen LogP) is -6.94. The van der Waals surface area contributed by atoms with E-state index in [1.165, 1.54) is 6.42 Å². The molecule has 0 aromatic heterocycles. The second kappa shape index (κ2) is 16.2. The van der Waals surface area contributed by atoms with E-state index in [0.717, 1.165) is 4.14 Å². The molecule has 0 radical (unpaired) electrons. The first-order valence-corrected chi connectivity index (χ1v) is 5.64. The third-order valence-electron chi connectivity index (χ3n) is 0.811. The van der Waals surface area contributed by atoms with Crippen LogP contribution in [-0.2, 0) is 19.6 Å². The second-order valence-electron chi connectivity index (χ2n) is 1.39. The molecule has 5 heteroatoms. The number of nitrogens with one attached hydrogen (secondary N) is 1. The minimum absolute atomic E-state index is 0. The van der Waals surface area contributed by atoms with Crippen LogP contribution in [0, 0.1) is 3.76 Å². The summed E-state index contributed by atoms with van der Waals surface area (Å²) in [5, 5.41) is 0. The van der Waals surface area contributed by atoms with Gasteiger partial charge < -0.3 is 37.2 Å². The van der Waals surface area contributed by atoms with Gasteiger partial charge in [0.2, 0.25) is 0 Å². The fourth-order valence-electron chi connectivity index (χ4n) is 0.0913. The Kier molecular flexibility index (Phi) is 40.4. The Morgan fingerprint density at radius 1 is 1.33 bits per heavy atom. The van der Waals surface area contributed by atoms with Crippen LogP contribution in [0.25, 0.3) is 0 Å². The Morgan fingerprint density at radius 2 is 1.67 bits per heavy atom. The molecule has 0 aliphatic rings. The first-order chi connectivity index (χ1) is 2.81. The monoisotopic (exact) mass is 358 g/mol. The van der Waals surface area contributed by atoms with Crippen LogP contribution >= 0.6 is 0 Å². The summed E-state index contributed by atoms with van der Waals surface area (Å²) < 4.78 is 7.77. The molecule has 9 heavy (non-hydrogen) atoms. The fourth-order valence-corrected chi connectivity index (χ4v) is 0.747. The van der Waals surface area contributed by atoms with E-state index >= 15 is 0 Å². The number of hydrogen-bond acceptors (Lipinski definition) is 1. The van der Waals surface area contributed by atoms with E-state index in [0.29, 0.717) is 0 Å². The third-order valence-corrected chi connectivity index (χ3v) is 3.71. The van der Waals surface area contributed by atoms with E-state index in [9.17, 15) is 0 Å². The van der Waals surface area contributed by atoms with Gasteiger partial charge in [-0.2, -0.15) is 0 Å².